The van der Waals surface area contributed by atoms with Gasteiger partial charge in [0, 0.05) is 16.6 Å². The summed E-state index contributed by atoms with van der Waals surface area (Å²) >= 11 is 6.47. The number of carbonyl (C=O) groups excluding carboxylic acids is 2. The van der Waals surface area contributed by atoms with Crippen LogP contribution in [-0.2, 0) is 4.79 Å². The highest BCUT2D eigenvalue weighted by Crippen LogP contribution is 2.40. The fourth-order valence-corrected chi connectivity index (χ4v) is 3.77. The second-order valence-electron chi connectivity index (χ2n) is 8.03. The van der Waals surface area contributed by atoms with Crippen LogP contribution in [0.3, 0.4) is 0 Å². The van der Waals surface area contributed by atoms with Crippen LogP contribution in [0.15, 0.2) is 24.4 Å². The molecule has 1 saturated carbocycles. The summed E-state index contributed by atoms with van der Waals surface area (Å²) in [5.74, 6) is 0.723. The van der Waals surface area contributed by atoms with Crippen LogP contribution in [0.4, 0.5) is 0 Å². The molecule has 1 amide bonds. The standard InChI is InChI=1S/C22H27ClN2O2/c1-13(2)7-8-20(14(3)26)25-22(27)17-9-16-10-19(23)18(15-5-4-6-15)11-21(16)24-12-17/h9-13,15,20H,4-8H2,1-3H3,(H,25,27)/t20-/m0/s1. The van der Waals surface area contributed by atoms with E-state index in [2.05, 4.69) is 24.1 Å². The van der Waals surface area contributed by atoms with Gasteiger partial charge in [-0.3, -0.25) is 14.6 Å². The lowest BCUT2D eigenvalue weighted by Crippen LogP contribution is -2.40. The largest absolute Gasteiger partial charge is 0.342 e. The number of nitrogens with one attached hydrogen (secondary N) is 1. The van der Waals surface area contributed by atoms with Crippen LogP contribution in [0.1, 0.15) is 74.7 Å². The summed E-state index contributed by atoms with van der Waals surface area (Å²) in [6, 6.07) is 5.29. The molecule has 0 spiro atoms. The number of carbonyl (C=O) groups is 2. The Bertz CT molecular complexity index is 859. The molecule has 0 saturated heterocycles. The molecule has 27 heavy (non-hydrogen) atoms. The fourth-order valence-electron chi connectivity index (χ4n) is 3.44. The molecule has 5 heteroatoms. The molecule has 3 rings (SSSR count). The lowest BCUT2D eigenvalue weighted by Gasteiger charge is -2.26. The summed E-state index contributed by atoms with van der Waals surface area (Å²) in [6.07, 6.45) is 6.72. The Hall–Kier alpha value is -1.94. The topological polar surface area (TPSA) is 59.1 Å². The molecule has 4 nitrogen and oxygen atoms in total. The molecular formula is C22H27ClN2O2. The van der Waals surface area contributed by atoms with Gasteiger partial charge < -0.3 is 5.32 Å². The number of hydrogen-bond donors (Lipinski definition) is 1. The van der Waals surface area contributed by atoms with Crippen molar-refractivity contribution in [3.05, 3.63) is 40.5 Å². The van der Waals surface area contributed by atoms with Gasteiger partial charge in [0.1, 0.15) is 0 Å². The average molecular weight is 387 g/mol. The second kappa shape index (κ2) is 8.39. The summed E-state index contributed by atoms with van der Waals surface area (Å²) in [4.78, 5) is 29.0. The van der Waals surface area contributed by atoms with E-state index in [1.807, 2.05) is 12.1 Å². The number of amides is 1. The van der Waals surface area contributed by atoms with Crippen LogP contribution in [-0.4, -0.2) is 22.7 Å². The molecule has 1 atom stereocenters. The van der Waals surface area contributed by atoms with Crippen molar-refractivity contribution < 1.29 is 9.59 Å². The van der Waals surface area contributed by atoms with Gasteiger partial charge in [0.15, 0.2) is 5.78 Å². The molecule has 0 unspecified atom stereocenters. The smallest absolute Gasteiger partial charge is 0.253 e. The molecular weight excluding hydrogens is 360 g/mol. The molecule has 1 fully saturated rings. The van der Waals surface area contributed by atoms with Gasteiger partial charge in [0.05, 0.1) is 17.1 Å². The van der Waals surface area contributed by atoms with Crippen LogP contribution in [0, 0.1) is 5.92 Å². The summed E-state index contributed by atoms with van der Waals surface area (Å²) in [6.45, 7) is 5.73. The highest BCUT2D eigenvalue weighted by molar-refractivity contribution is 6.32. The summed E-state index contributed by atoms with van der Waals surface area (Å²) in [7, 11) is 0. The molecule has 1 N–H and O–H groups in total. The number of fused-ring (bicyclic) bond motifs is 1. The van der Waals surface area contributed by atoms with Gasteiger partial charge in [-0.2, -0.15) is 0 Å². The fraction of sp³-hybridized carbons (Fsp3) is 0.500. The van der Waals surface area contributed by atoms with Gasteiger partial charge in [0.2, 0.25) is 0 Å². The molecule has 144 valence electrons. The Kier molecular flexibility index (Phi) is 6.15. The van der Waals surface area contributed by atoms with Gasteiger partial charge in [-0.05, 0) is 68.2 Å². The first-order valence-electron chi connectivity index (χ1n) is 9.75. The Labute approximate surface area is 165 Å². The zero-order valence-electron chi connectivity index (χ0n) is 16.2. The number of rotatable bonds is 7. The first-order chi connectivity index (χ1) is 12.8. The maximum Gasteiger partial charge on any atom is 0.253 e. The van der Waals surface area contributed by atoms with Crippen molar-refractivity contribution in [3.8, 4) is 0 Å². The number of ketones is 1. The zero-order chi connectivity index (χ0) is 19.6. The van der Waals surface area contributed by atoms with E-state index in [0.717, 1.165) is 27.9 Å². The van der Waals surface area contributed by atoms with Gasteiger partial charge >= 0.3 is 0 Å². The third-order valence-corrected chi connectivity index (χ3v) is 5.76. The predicted octanol–water partition coefficient (Wildman–Crippen LogP) is 5.28. The number of nitrogens with zero attached hydrogens (tertiary/aromatic N) is 1. The number of pyridine rings is 1. The van der Waals surface area contributed by atoms with Crippen LogP contribution in [0.25, 0.3) is 10.9 Å². The van der Waals surface area contributed by atoms with Crippen molar-refractivity contribution >= 4 is 34.2 Å². The van der Waals surface area contributed by atoms with E-state index in [9.17, 15) is 9.59 Å². The van der Waals surface area contributed by atoms with E-state index < -0.39 is 6.04 Å². The maximum atomic E-state index is 12.6. The van der Waals surface area contributed by atoms with Gasteiger partial charge in [-0.25, -0.2) is 0 Å². The Morgan fingerprint density at radius 3 is 2.56 bits per heavy atom. The van der Waals surface area contributed by atoms with Crippen LogP contribution < -0.4 is 5.32 Å². The maximum absolute atomic E-state index is 12.6. The number of benzene rings is 1. The lowest BCUT2D eigenvalue weighted by atomic mass is 9.80. The number of aromatic nitrogens is 1. The summed E-state index contributed by atoms with van der Waals surface area (Å²) in [5, 5.41) is 4.44. The van der Waals surface area contributed by atoms with E-state index in [1.165, 1.54) is 26.2 Å². The first kappa shape index (κ1) is 19.8. The number of hydrogen-bond acceptors (Lipinski definition) is 3. The van der Waals surface area contributed by atoms with E-state index >= 15 is 0 Å². The molecule has 1 aliphatic carbocycles. The monoisotopic (exact) mass is 386 g/mol. The first-order valence-corrected chi connectivity index (χ1v) is 10.1. The van der Waals surface area contributed by atoms with E-state index in [0.29, 0.717) is 23.8 Å². The third kappa shape index (κ3) is 4.67. The van der Waals surface area contributed by atoms with Gasteiger partial charge in [-0.15, -0.1) is 0 Å². The Morgan fingerprint density at radius 1 is 1.22 bits per heavy atom. The van der Waals surface area contributed by atoms with Crippen molar-refractivity contribution in [2.75, 3.05) is 0 Å². The third-order valence-electron chi connectivity index (χ3n) is 5.44. The molecule has 1 aromatic heterocycles. The molecule has 0 aliphatic heterocycles. The lowest BCUT2D eigenvalue weighted by molar-refractivity contribution is -0.119. The Balaban J connectivity index is 1.79. The van der Waals surface area contributed by atoms with Crippen molar-refractivity contribution in [2.24, 2.45) is 5.92 Å². The Morgan fingerprint density at radius 2 is 1.96 bits per heavy atom. The van der Waals surface area contributed by atoms with Crippen molar-refractivity contribution in [3.63, 3.8) is 0 Å². The highest BCUT2D eigenvalue weighted by Gasteiger charge is 2.23. The average Bonchev–Trinajstić information content (AvgIpc) is 2.56. The molecule has 1 heterocycles. The van der Waals surface area contributed by atoms with Gasteiger partial charge in [0.25, 0.3) is 5.91 Å². The number of Topliss-reactive ketones (excluding diaryl/α,β-unsaturated/α-hetero) is 1. The van der Waals surface area contributed by atoms with Gasteiger partial charge in [-0.1, -0.05) is 31.9 Å². The van der Waals surface area contributed by atoms with Crippen LogP contribution in [0.2, 0.25) is 5.02 Å². The van der Waals surface area contributed by atoms with Crippen molar-refractivity contribution in [1.29, 1.82) is 0 Å². The molecule has 1 aromatic carbocycles. The second-order valence-corrected chi connectivity index (χ2v) is 8.43. The summed E-state index contributed by atoms with van der Waals surface area (Å²) in [5.41, 5.74) is 2.46. The molecule has 0 radical (unpaired) electrons. The van der Waals surface area contributed by atoms with E-state index in [1.54, 1.807) is 12.3 Å². The predicted molar refractivity (Wildman–Crippen MR) is 109 cm³/mol. The van der Waals surface area contributed by atoms with E-state index in [-0.39, 0.29) is 11.7 Å². The molecule has 1 aliphatic rings. The SMILES string of the molecule is CC(=O)[C@H](CCC(C)C)NC(=O)c1cnc2cc(C3CCC3)c(Cl)cc2c1. The van der Waals surface area contributed by atoms with Crippen LogP contribution in [0.5, 0.6) is 0 Å². The quantitative estimate of drug-likeness (QED) is 0.704. The minimum Gasteiger partial charge on any atom is -0.342 e. The minimum atomic E-state index is -0.458. The van der Waals surface area contributed by atoms with Crippen molar-refractivity contribution in [2.45, 2.75) is 64.8 Å². The zero-order valence-corrected chi connectivity index (χ0v) is 17.0. The van der Waals surface area contributed by atoms with Crippen molar-refractivity contribution in [1.82, 2.24) is 10.3 Å². The molecule has 0 bridgehead atoms. The van der Waals surface area contributed by atoms with Crippen LogP contribution >= 0.6 is 11.6 Å². The summed E-state index contributed by atoms with van der Waals surface area (Å²) < 4.78 is 0. The van der Waals surface area contributed by atoms with E-state index in [4.69, 9.17) is 11.6 Å². The highest BCUT2D eigenvalue weighted by atomic mass is 35.5. The minimum absolute atomic E-state index is 0.0223. The normalized spacial score (nSPS) is 15.6. The molecule has 2 aromatic rings. The number of halogens is 1.